The molecule has 2 N–H and O–H groups in total. The molecule has 0 bridgehead atoms. The molecule has 2 aromatic carbocycles. The number of halogens is 4. The van der Waals surface area contributed by atoms with Crippen LogP contribution in [0.4, 0.5) is 13.2 Å². The van der Waals surface area contributed by atoms with E-state index in [1.54, 1.807) is 6.92 Å². The molecule has 0 spiro atoms. The van der Waals surface area contributed by atoms with Crippen LogP contribution in [0.25, 0.3) is 33.1 Å². The van der Waals surface area contributed by atoms with Gasteiger partial charge in [-0.15, -0.1) is 0 Å². The van der Waals surface area contributed by atoms with E-state index in [-0.39, 0.29) is 57.0 Å². The van der Waals surface area contributed by atoms with Gasteiger partial charge in [0, 0.05) is 35.6 Å². The van der Waals surface area contributed by atoms with E-state index in [1.165, 1.54) is 7.11 Å². The smallest absolute Gasteiger partial charge is 0.173 e. The molecule has 0 aliphatic rings. The van der Waals surface area contributed by atoms with Gasteiger partial charge in [0.05, 0.1) is 28.4 Å². The molecule has 0 aliphatic heterocycles. The van der Waals surface area contributed by atoms with Crippen LogP contribution in [0.15, 0.2) is 18.2 Å². The minimum Gasteiger partial charge on any atom is -0.506 e. The molecule has 0 fully saturated rings. The maximum atomic E-state index is 15.4. The fraction of sp³-hybridized carbons (Fsp3) is 0.200. The lowest BCUT2D eigenvalue weighted by Gasteiger charge is -2.14. The number of aryl methyl sites for hydroxylation is 1. The van der Waals surface area contributed by atoms with Crippen molar-refractivity contribution in [1.82, 2.24) is 15.2 Å². The van der Waals surface area contributed by atoms with Gasteiger partial charge in [0.2, 0.25) is 0 Å². The Balaban J connectivity index is 2.10. The van der Waals surface area contributed by atoms with Gasteiger partial charge in [0.1, 0.15) is 24.0 Å². The van der Waals surface area contributed by atoms with Gasteiger partial charge in [0.25, 0.3) is 0 Å². The molecule has 0 saturated heterocycles. The number of hydrogen-bond acceptors (Lipinski definition) is 5. The van der Waals surface area contributed by atoms with Crippen molar-refractivity contribution in [2.45, 2.75) is 6.92 Å². The highest BCUT2D eigenvalue weighted by atomic mass is 35.5. The van der Waals surface area contributed by atoms with Crippen LogP contribution in [0.2, 0.25) is 5.02 Å². The lowest BCUT2D eigenvalue weighted by atomic mass is 9.99. The Hall–Kier alpha value is -3.04. The van der Waals surface area contributed by atoms with E-state index in [0.29, 0.717) is 5.69 Å². The van der Waals surface area contributed by atoms with Crippen molar-refractivity contribution < 1.29 is 27.8 Å². The Morgan fingerprint density at radius 3 is 2.57 bits per heavy atom. The van der Waals surface area contributed by atoms with Gasteiger partial charge in [0.15, 0.2) is 17.2 Å². The fourth-order valence-electron chi connectivity index (χ4n) is 3.29. The lowest BCUT2D eigenvalue weighted by molar-refractivity contribution is 0.144. The van der Waals surface area contributed by atoms with Crippen molar-refractivity contribution in [1.29, 1.82) is 0 Å². The minimum absolute atomic E-state index is 0.00597. The van der Waals surface area contributed by atoms with Crippen molar-refractivity contribution >= 4 is 33.4 Å². The molecule has 156 valence electrons. The monoisotopic (exact) mass is 437 g/mol. The van der Waals surface area contributed by atoms with Crippen molar-refractivity contribution in [3.8, 4) is 22.8 Å². The van der Waals surface area contributed by atoms with E-state index >= 15 is 8.78 Å². The molecule has 0 atom stereocenters. The Morgan fingerprint density at radius 2 is 1.83 bits per heavy atom. The number of aromatic amines is 1. The molecule has 30 heavy (non-hydrogen) atoms. The van der Waals surface area contributed by atoms with Crippen molar-refractivity contribution in [3.05, 3.63) is 46.4 Å². The molecular formula is C20H15ClF3N3O3. The number of H-pyrrole nitrogens is 1. The molecule has 4 rings (SSSR count). The average Bonchev–Trinajstić information content (AvgIpc) is 3.08. The van der Waals surface area contributed by atoms with Gasteiger partial charge >= 0.3 is 0 Å². The number of methoxy groups -OCH3 is 1. The van der Waals surface area contributed by atoms with Crippen LogP contribution >= 0.6 is 11.6 Å². The number of nitrogens with zero attached hydrogens (tertiary/aromatic N) is 2. The number of benzene rings is 2. The third-order valence-electron chi connectivity index (χ3n) is 4.66. The van der Waals surface area contributed by atoms with Crippen LogP contribution in [0.3, 0.4) is 0 Å². The van der Waals surface area contributed by atoms with Crippen molar-refractivity contribution in [2.24, 2.45) is 0 Å². The maximum absolute atomic E-state index is 15.4. The van der Waals surface area contributed by atoms with Crippen LogP contribution < -0.4 is 4.74 Å². The van der Waals surface area contributed by atoms with E-state index in [1.807, 2.05) is 0 Å². The van der Waals surface area contributed by atoms with Crippen LogP contribution in [0, 0.1) is 24.4 Å². The lowest BCUT2D eigenvalue weighted by Crippen LogP contribution is -2.07. The van der Waals surface area contributed by atoms with Crippen molar-refractivity contribution in [3.63, 3.8) is 0 Å². The molecule has 0 unspecified atom stereocenters. The first kappa shape index (κ1) is 20.2. The number of phenols is 1. The van der Waals surface area contributed by atoms with E-state index in [0.717, 1.165) is 18.2 Å². The normalized spacial score (nSPS) is 11.5. The number of pyridine rings is 1. The number of fused-ring (bicyclic) bond motifs is 3. The summed E-state index contributed by atoms with van der Waals surface area (Å²) in [6, 6.07) is 2.76. The van der Waals surface area contributed by atoms with E-state index in [2.05, 4.69) is 15.2 Å². The zero-order valence-electron chi connectivity index (χ0n) is 15.8. The first-order valence-corrected chi connectivity index (χ1v) is 9.17. The quantitative estimate of drug-likeness (QED) is 0.435. The van der Waals surface area contributed by atoms with Gasteiger partial charge < -0.3 is 14.6 Å². The van der Waals surface area contributed by atoms with Crippen LogP contribution in [0.1, 0.15) is 5.69 Å². The number of nitrogens with one attached hydrogen (secondary N) is 1. The second-order valence-corrected chi connectivity index (χ2v) is 6.95. The molecule has 2 aromatic heterocycles. The Morgan fingerprint density at radius 1 is 1.07 bits per heavy atom. The van der Waals surface area contributed by atoms with Crippen LogP contribution in [0.5, 0.6) is 11.5 Å². The molecule has 4 aromatic rings. The topological polar surface area (TPSA) is 80.3 Å². The summed E-state index contributed by atoms with van der Waals surface area (Å²) in [6.45, 7) is 1.79. The van der Waals surface area contributed by atoms with E-state index < -0.39 is 23.2 Å². The standard InChI is InChI=1S/C20H15ClF3N3O3/c1-8-15-17-16(12(23)7-14(18(17)24)30-4-3-29-2)19(25-20(15)27-26-8)9-5-10(21)13(28)6-11(9)22/h5-7,28H,3-4H2,1-2H3,(H,25,26,27). The molecular weight excluding hydrogens is 423 g/mol. The van der Waals surface area contributed by atoms with Gasteiger partial charge in [-0.3, -0.25) is 5.10 Å². The first-order chi connectivity index (χ1) is 14.3. The highest BCUT2D eigenvalue weighted by Gasteiger charge is 2.25. The van der Waals surface area contributed by atoms with Gasteiger partial charge in [-0.1, -0.05) is 11.6 Å². The molecule has 2 heterocycles. The van der Waals surface area contributed by atoms with Gasteiger partial charge in [-0.2, -0.15) is 5.10 Å². The second-order valence-electron chi connectivity index (χ2n) is 6.54. The number of rotatable bonds is 5. The Kier molecular flexibility index (Phi) is 5.17. The summed E-state index contributed by atoms with van der Waals surface area (Å²) in [7, 11) is 1.45. The maximum Gasteiger partial charge on any atom is 0.173 e. The molecule has 0 aliphatic carbocycles. The van der Waals surface area contributed by atoms with E-state index in [9.17, 15) is 9.50 Å². The summed E-state index contributed by atoms with van der Waals surface area (Å²) in [5, 5.41) is 15.9. The SMILES string of the molecule is COCCOc1cc(F)c2c(-c3cc(Cl)c(O)cc3F)nc3[nH]nc(C)c3c2c1F. The van der Waals surface area contributed by atoms with Crippen molar-refractivity contribution in [2.75, 3.05) is 20.3 Å². The number of phenolic OH excluding ortho intramolecular Hbond substituents is 1. The third kappa shape index (κ3) is 3.20. The largest absolute Gasteiger partial charge is 0.506 e. The molecule has 0 saturated carbocycles. The van der Waals surface area contributed by atoms with Crippen LogP contribution in [-0.2, 0) is 4.74 Å². The number of hydrogen-bond donors (Lipinski definition) is 2. The summed E-state index contributed by atoms with van der Waals surface area (Å²) >= 11 is 5.91. The average molecular weight is 438 g/mol. The Bertz CT molecular complexity index is 1290. The van der Waals surface area contributed by atoms with E-state index in [4.69, 9.17) is 21.1 Å². The summed E-state index contributed by atoms with van der Waals surface area (Å²) < 4.78 is 55.5. The molecule has 0 radical (unpaired) electrons. The zero-order valence-corrected chi connectivity index (χ0v) is 16.6. The van der Waals surface area contributed by atoms with Gasteiger partial charge in [-0.05, 0) is 13.0 Å². The first-order valence-electron chi connectivity index (χ1n) is 8.80. The summed E-state index contributed by atoms with van der Waals surface area (Å²) in [4.78, 5) is 4.27. The highest BCUT2D eigenvalue weighted by Crippen LogP contribution is 2.41. The number of ether oxygens (including phenoxy) is 2. The number of aromatic hydroxyl groups is 1. The minimum atomic E-state index is -0.901. The second kappa shape index (κ2) is 7.66. The summed E-state index contributed by atoms with van der Waals surface area (Å²) in [5.74, 6) is -3.42. The third-order valence-corrected chi connectivity index (χ3v) is 4.96. The summed E-state index contributed by atoms with van der Waals surface area (Å²) in [5.41, 5.74) is 0.111. The predicted octanol–water partition coefficient (Wildman–Crippen LogP) is 4.89. The van der Waals surface area contributed by atoms with Crippen LogP contribution in [-0.4, -0.2) is 40.6 Å². The fourth-order valence-corrected chi connectivity index (χ4v) is 3.45. The molecule has 10 heteroatoms. The number of aromatic nitrogens is 3. The Labute approximate surface area is 173 Å². The van der Waals surface area contributed by atoms with Gasteiger partial charge in [-0.25, -0.2) is 18.2 Å². The predicted molar refractivity (Wildman–Crippen MR) is 105 cm³/mol. The zero-order chi connectivity index (χ0) is 21.6. The highest BCUT2D eigenvalue weighted by molar-refractivity contribution is 6.32. The molecule has 6 nitrogen and oxygen atoms in total. The molecule has 0 amide bonds. The summed E-state index contributed by atoms with van der Waals surface area (Å²) in [6.07, 6.45) is 0.